The smallest absolute Gasteiger partial charge is 0.0794 e. The van der Waals surface area contributed by atoms with Crippen LogP contribution in [-0.4, -0.2) is 23.5 Å². The molecule has 13 heavy (non-hydrogen) atoms. The summed E-state index contributed by atoms with van der Waals surface area (Å²) in [7, 11) is 2.02. The normalized spacial score (nSPS) is 12.8. The summed E-state index contributed by atoms with van der Waals surface area (Å²) in [5.74, 6) is 0.0953. The predicted molar refractivity (Wildman–Crippen MR) is 53.2 cm³/mol. The highest BCUT2D eigenvalue weighted by Gasteiger charge is 2.06. The van der Waals surface area contributed by atoms with E-state index in [1.165, 1.54) is 4.88 Å². The van der Waals surface area contributed by atoms with E-state index in [9.17, 15) is 0 Å². The van der Waals surface area contributed by atoms with Crippen LogP contribution >= 0.6 is 11.3 Å². The quantitative estimate of drug-likeness (QED) is 0.734. The van der Waals surface area contributed by atoms with E-state index in [1.807, 2.05) is 25.7 Å². The molecule has 0 aromatic carbocycles. The average molecular weight is 195 g/mol. The molecule has 0 spiro atoms. The molecule has 1 heterocycles. The molecule has 1 unspecified atom stereocenters. The van der Waals surface area contributed by atoms with Crippen molar-refractivity contribution in [1.29, 1.82) is 5.26 Å². The molecule has 70 valence electrons. The summed E-state index contributed by atoms with van der Waals surface area (Å²) in [5, 5.41) is 8.62. The highest BCUT2D eigenvalue weighted by molar-refractivity contribution is 7.09. The third-order valence-electron chi connectivity index (χ3n) is 1.72. The molecule has 0 aliphatic heterocycles. The average Bonchev–Trinajstić information content (AvgIpc) is 2.56. The lowest BCUT2D eigenvalue weighted by atomic mass is 10.2. The second-order valence-corrected chi connectivity index (χ2v) is 4.17. The Kier molecular flexibility index (Phi) is 3.87. The van der Waals surface area contributed by atoms with E-state index >= 15 is 0 Å². The first-order valence-electron chi connectivity index (χ1n) is 4.18. The molecule has 0 saturated carbocycles. The van der Waals surface area contributed by atoms with Crippen molar-refractivity contribution in [3.8, 4) is 6.07 Å². The van der Waals surface area contributed by atoms with Crippen molar-refractivity contribution >= 4 is 11.3 Å². The SMILES string of the molecule is CC(C#N)CN(C)Cc1cncs1. The first kappa shape index (κ1) is 10.2. The molecule has 0 N–H and O–H groups in total. The standard InChI is InChI=1S/C9H13N3S/c1-8(3-10)5-12(2)6-9-4-11-7-13-9/h4,7-8H,5-6H2,1-2H3. The summed E-state index contributed by atoms with van der Waals surface area (Å²) in [5.41, 5.74) is 1.83. The van der Waals surface area contributed by atoms with Gasteiger partial charge in [0.15, 0.2) is 0 Å². The van der Waals surface area contributed by atoms with Gasteiger partial charge in [-0.2, -0.15) is 5.26 Å². The van der Waals surface area contributed by atoms with Crippen LogP contribution in [0.3, 0.4) is 0 Å². The van der Waals surface area contributed by atoms with E-state index in [-0.39, 0.29) is 5.92 Å². The van der Waals surface area contributed by atoms with E-state index in [1.54, 1.807) is 11.3 Å². The van der Waals surface area contributed by atoms with Crippen molar-refractivity contribution < 1.29 is 0 Å². The van der Waals surface area contributed by atoms with Gasteiger partial charge in [0.05, 0.1) is 17.5 Å². The highest BCUT2D eigenvalue weighted by Crippen LogP contribution is 2.09. The molecule has 0 aliphatic carbocycles. The van der Waals surface area contributed by atoms with Gasteiger partial charge in [-0.25, -0.2) is 0 Å². The molecule has 1 aromatic heterocycles. The van der Waals surface area contributed by atoms with Gasteiger partial charge in [-0.15, -0.1) is 11.3 Å². The van der Waals surface area contributed by atoms with Crippen molar-refractivity contribution in [3.63, 3.8) is 0 Å². The molecular formula is C9H13N3S. The molecule has 1 aromatic rings. The van der Waals surface area contributed by atoms with Gasteiger partial charge in [-0.1, -0.05) is 0 Å². The first-order chi connectivity index (χ1) is 6.22. The van der Waals surface area contributed by atoms with Gasteiger partial charge in [0, 0.05) is 24.2 Å². The van der Waals surface area contributed by atoms with Gasteiger partial charge < -0.3 is 0 Å². The van der Waals surface area contributed by atoms with Crippen LogP contribution in [0.4, 0.5) is 0 Å². The lowest BCUT2D eigenvalue weighted by Gasteiger charge is -2.15. The topological polar surface area (TPSA) is 39.9 Å². The molecule has 1 atom stereocenters. The number of hydrogen-bond donors (Lipinski definition) is 0. The third-order valence-corrected chi connectivity index (χ3v) is 2.48. The zero-order valence-corrected chi connectivity index (χ0v) is 8.71. The molecule has 1 rings (SSSR count). The van der Waals surface area contributed by atoms with Crippen LogP contribution in [0.2, 0.25) is 0 Å². The Bertz CT molecular complexity index is 276. The van der Waals surface area contributed by atoms with Crippen LogP contribution in [0.25, 0.3) is 0 Å². The van der Waals surface area contributed by atoms with Crippen molar-refractivity contribution in [2.45, 2.75) is 13.5 Å². The minimum absolute atomic E-state index is 0.0953. The van der Waals surface area contributed by atoms with Crippen molar-refractivity contribution in [3.05, 3.63) is 16.6 Å². The van der Waals surface area contributed by atoms with Gasteiger partial charge in [0.2, 0.25) is 0 Å². The lowest BCUT2D eigenvalue weighted by Crippen LogP contribution is -2.22. The van der Waals surface area contributed by atoms with E-state index in [0.29, 0.717) is 0 Å². The van der Waals surface area contributed by atoms with Crippen LogP contribution in [0.15, 0.2) is 11.7 Å². The maximum atomic E-state index is 8.62. The van der Waals surface area contributed by atoms with Crippen LogP contribution in [-0.2, 0) is 6.54 Å². The molecule has 0 radical (unpaired) electrons. The minimum Gasteiger partial charge on any atom is -0.300 e. The molecule has 3 nitrogen and oxygen atoms in total. The maximum absolute atomic E-state index is 8.62. The van der Waals surface area contributed by atoms with E-state index in [4.69, 9.17) is 5.26 Å². The monoisotopic (exact) mass is 195 g/mol. The van der Waals surface area contributed by atoms with Crippen LogP contribution in [0.1, 0.15) is 11.8 Å². The van der Waals surface area contributed by atoms with Crippen molar-refractivity contribution in [1.82, 2.24) is 9.88 Å². The lowest BCUT2D eigenvalue weighted by molar-refractivity contribution is 0.305. The summed E-state index contributed by atoms with van der Waals surface area (Å²) >= 11 is 1.65. The van der Waals surface area contributed by atoms with Crippen molar-refractivity contribution in [2.24, 2.45) is 5.92 Å². The molecule has 0 fully saturated rings. The van der Waals surface area contributed by atoms with E-state index in [2.05, 4.69) is 16.0 Å². The van der Waals surface area contributed by atoms with Crippen LogP contribution in [0.5, 0.6) is 0 Å². The second-order valence-electron chi connectivity index (χ2n) is 3.19. The zero-order valence-electron chi connectivity index (χ0n) is 7.90. The number of hydrogen-bond acceptors (Lipinski definition) is 4. The summed E-state index contributed by atoms with van der Waals surface area (Å²) in [4.78, 5) is 7.38. The van der Waals surface area contributed by atoms with Gasteiger partial charge in [-0.05, 0) is 14.0 Å². The fraction of sp³-hybridized carbons (Fsp3) is 0.556. The molecule has 0 amide bonds. The largest absolute Gasteiger partial charge is 0.300 e. The van der Waals surface area contributed by atoms with E-state index < -0.39 is 0 Å². The summed E-state index contributed by atoms with van der Waals surface area (Å²) in [6, 6.07) is 2.22. The fourth-order valence-electron chi connectivity index (χ4n) is 1.16. The first-order valence-corrected chi connectivity index (χ1v) is 5.06. The molecule has 4 heteroatoms. The Morgan fingerprint density at radius 2 is 2.54 bits per heavy atom. The van der Waals surface area contributed by atoms with Gasteiger partial charge >= 0.3 is 0 Å². The Morgan fingerprint density at radius 1 is 1.77 bits per heavy atom. The maximum Gasteiger partial charge on any atom is 0.0794 e. The minimum atomic E-state index is 0.0953. The molecule has 0 bridgehead atoms. The Balaban J connectivity index is 2.34. The number of nitriles is 1. The Hall–Kier alpha value is -0.920. The predicted octanol–water partition coefficient (Wildman–Crippen LogP) is 1.73. The number of nitrogens with zero attached hydrogens (tertiary/aromatic N) is 3. The third kappa shape index (κ3) is 3.53. The van der Waals surface area contributed by atoms with Gasteiger partial charge in [0.25, 0.3) is 0 Å². The fourth-order valence-corrected chi connectivity index (χ4v) is 1.83. The van der Waals surface area contributed by atoms with Crippen LogP contribution in [0, 0.1) is 17.2 Å². The number of thiazole rings is 1. The summed E-state index contributed by atoms with van der Waals surface area (Å²) < 4.78 is 0. The zero-order chi connectivity index (χ0) is 9.68. The van der Waals surface area contributed by atoms with Crippen LogP contribution < -0.4 is 0 Å². The molecule has 0 saturated heterocycles. The molecular weight excluding hydrogens is 182 g/mol. The molecule has 0 aliphatic rings. The van der Waals surface area contributed by atoms with Gasteiger partial charge in [-0.3, -0.25) is 9.88 Å². The summed E-state index contributed by atoms with van der Waals surface area (Å²) in [6.45, 7) is 3.63. The van der Waals surface area contributed by atoms with Gasteiger partial charge in [0.1, 0.15) is 0 Å². The Labute approximate surface area is 82.6 Å². The van der Waals surface area contributed by atoms with E-state index in [0.717, 1.165) is 13.1 Å². The Morgan fingerprint density at radius 3 is 3.08 bits per heavy atom. The van der Waals surface area contributed by atoms with Crippen molar-refractivity contribution in [2.75, 3.05) is 13.6 Å². The second kappa shape index (κ2) is 4.95. The highest BCUT2D eigenvalue weighted by atomic mass is 32.1. The number of aromatic nitrogens is 1. The number of rotatable bonds is 4. The summed E-state index contributed by atoms with van der Waals surface area (Å²) in [6.07, 6.45) is 1.87.